The van der Waals surface area contributed by atoms with Crippen molar-refractivity contribution in [1.29, 1.82) is 0 Å². The van der Waals surface area contributed by atoms with Gasteiger partial charge in [-0.05, 0) is 62.6 Å². The molecule has 0 bridgehead atoms. The molecule has 4 rings (SSSR count). The molecule has 1 aliphatic heterocycles. The molecule has 0 saturated carbocycles. The number of carbonyl (C=O) groups is 1. The van der Waals surface area contributed by atoms with Gasteiger partial charge in [0, 0.05) is 24.6 Å². The van der Waals surface area contributed by atoms with Gasteiger partial charge in [0.2, 0.25) is 0 Å². The SMILES string of the molecule is CCOc1cccc(C(=O)N2CCC(c3nc4ccc(C)cc4[nH]3)CC2)c1. The van der Waals surface area contributed by atoms with Crippen LogP contribution in [0.4, 0.5) is 0 Å². The lowest BCUT2D eigenvalue weighted by molar-refractivity contribution is 0.0711. The molecule has 1 aromatic heterocycles. The van der Waals surface area contributed by atoms with Crippen molar-refractivity contribution in [2.24, 2.45) is 0 Å². The lowest BCUT2D eigenvalue weighted by Crippen LogP contribution is -2.38. The Morgan fingerprint density at radius 2 is 2.04 bits per heavy atom. The number of aromatic nitrogens is 2. The molecule has 140 valence electrons. The highest BCUT2D eigenvalue weighted by Gasteiger charge is 2.26. The predicted octanol–water partition coefficient (Wildman–Crippen LogP) is 4.29. The van der Waals surface area contributed by atoms with Crippen molar-refractivity contribution in [2.75, 3.05) is 19.7 Å². The summed E-state index contributed by atoms with van der Waals surface area (Å²) in [7, 11) is 0. The van der Waals surface area contributed by atoms with Crippen molar-refractivity contribution in [3.05, 3.63) is 59.4 Å². The fourth-order valence-electron chi connectivity index (χ4n) is 3.76. The summed E-state index contributed by atoms with van der Waals surface area (Å²) in [4.78, 5) is 23.0. The third kappa shape index (κ3) is 3.68. The van der Waals surface area contributed by atoms with E-state index in [1.807, 2.05) is 36.1 Å². The Labute approximate surface area is 159 Å². The largest absolute Gasteiger partial charge is 0.494 e. The van der Waals surface area contributed by atoms with Gasteiger partial charge in [-0.15, -0.1) is 0 Å². The van der Waals surface area contributed by atoms with Gasteiger partial charge in [-0.1, -0.05) is 12.1 Å². The number of aromatic amines is 1. The number of H-pyrrole nitrogens is 1. The zero-order valence-corrected chi connectivity index (χ0v) is 15.9. The number of ether oxygens (including phenoxy) is 1. The van der Waals surface area contributed by atoms with E-state index < -0.39 is 0 Å². The van der Waals surface area contributed by atoms with Crippen molar-refractivity contribution >= 4 is 16.9 Å². The molecule has 3 aromatic rings. The minimum absolute atomic E-state index is 0.0789. The summed E-state index contributed by atoms with van der Waals surface area (Å²) in [6.07, 6.45) is 1.85. The standard InChI is InChI=1S/C22H25N3O2/c1-3-27-18-6-4-5-17(14-18)22(26)25-11-9-16(10-12-25)21-23-19-8-7-15(2)13-20(19)24-21/h4-8,13-14,16H,3,9-12H2,1-2H3,(H,23,24). The molecule has 0 atom stereocenters. The summed E-state index contributed by atoms with van der Waals surface area (Å²) in [5, 5.41) is 0. The Morgan fingerprint density at radius 3 is 2.81 bits per heavy atom. The highest BCUT2D eigenvalue weighted by molar-refractivity contribution is 5.94. The summed E-state index contributed by atoms with van der Waals surface area (Å²) in [5.41, 5.74) is 4.03. The second-order valence-corrected chi connectivity index (χ2v) is 7.17. The minimum atomic E-state index is 0.0789. The topological polar surface area (TPSA) is 58.2 Å². The first kappa shape index (κ1) is 17.6. The first-order valence-corrected chi connectivity index (χ1v) is 9.62. The molecule has 0 spiro atoms. The summed E-state index contributed by atoms with van der Waals surface area (Å²) >= 11 is 0. The number of aryl methyl sites for hydroxylation is 1. The van der Waals surface area contributed by atoms with Crippen molar-refractivity contribution in [1.82, 2.24) is 14.9 Å². The van der Waals surface area contributed by atoms with Gasteiger partial charge >= 0.3 is 0 Å². The number of fused-ring (bicyclic) bond motifs is 1. The van der Waals surface area contributed by atoms with E-state index in [-0.39, 0.29) is 5.91 Å². The van der Waals surface area contributed by atoms with Crippen LogP contribution < -0.4 is 4.74 Å². The molecule has 1 saturated heterocycles. The van der Waals surface area contributed by atoms with E-state index in [1.165, 1.54) is 5.56 Å². The molecule has 5 nitrogen and oxygen atoms in total. The van der Waals surface area contributed by atoms with Crippen molar-refractivity contribution in [2.45, 2.75) is 32.6 Å². The van der Waals surface area contributed by atoms with Crippen molar-refractivity contribution in [3.8, 4) is 5.75 Å². The van der Waals surface area contributed by atoms with E-state index in [1.54, 1.807) is 0 Å². The molecule has 1 N–H and O–H groups in total. The van der Waals surface area contributed by atoms with Crippen LogP contribution in [0.15, 0.2) is 42.5 Å². The minimum Gasteiger partial charge on any atom is -0.494 e. The number of nitrogens with one attached hydrogen (secondary N) is 1. The molecule has 0 unspecified atom stereocenters. The van der Waals surface area contributed by atoms with Crippen LogP contribution in [0.2, 0.25) is 0 Å². The third-order valence-electron chi connectivity index (χ3n) is 5.22. The van der Waals surface area contributed by atoms with Crippen LogP contribution in [0.25, 0.3) is 11.0 Å². The van der Waals surface area contributed by atoms with Gasteiger partial charge < -0.3 is 14.6 Å². The highest BCUT2D eigenvalue weighted by atomic mass is 16.5. The first-order chi connectivity index (χ1) is 13.1. The number of nitrogens with zero attached hydrogens (tertiary/aromatic N) is 2. The van der Waals surface area contributed by atoms with Crippen LogP contribution in [0.1, 0.15) is 47.4 Å². The molecule has 27 heavy (non-hydrogen) atoms. The first-order valence-electron chi connectivity index (χ1n) is 9.62. The van der Waals surface area contributed by atoms with Crippen LogP contribution in [-0.4, -0.2) is 40.5 Å². The molecule has 0 aliphatic carbocycles. The van der Waals surface area contributed by atoms with E-state index >= 15 is 0 Å². The summed E-state index contributed by atoms with van der Waals surface area (Å²) in [6, 6.07) is 13.7. The fourth-order valence-corrected chi connectivity index (χ4v) is 3.76. The summed E-state index contributed by atoms with van der Waals surface area (Å²) < 4.78 is 5.51. The Bertz CT molecular complexity index is 955. The number of piperidine rings is 1. The maximum Gasteiger partial charge on any atom is 0.253 e. The second kappa shape index (κ2) is 7.43. The predicted molar refractivity (Wildman–Crippen MR) is 106 cm³/mol. The Hall–Kier alpha value is -2.82. The van der Waals surface area contributed by atoms with Crippen LogP contribution in [0.5, 0.6) is 5.75 Å². The molecule has 1 aliphatic rings. The smallest absolute Gasteiger partial charge is 0.253 e. The third-order valence-corrected chi connectivity index (χ3v) is 5.22. The number of amides is 1. The summed E-state index contributed by atoms with van der Waals surface area (Å²) in [5.74, 6) is 2.24. The molecule has 2 aromatic carbocycles. The van der Waals surface area contributed by atoms with E-state index in [0.29, 0.717) is 18.1 Å². The van der Waals surface area contributed by atoms with Gasteiger partial charge in [-0.2, -0.15) is 0 Å². The lowest BCUT2D eigenvalue weighted by atomic mass is 9.95. The normalized spacial score (nSPS) is 15.3. The van der Waals surface area contributed by atoms with Crippen LogP contribution >= 0.6 is 0 Å². The Kier molecular flexibility index (Phi) is 4.84. The van der Waals surface area contributed by atoms with Gasteiger partial charge in [0.05, 0.1) is 17.6 Å². The van der Waals surface area contributed by atoms with Gasteiger partial charge in [0.1, 0.15) is 11.6 Å². The molecule has 1 amide bonds. The summed E-state index contributed by atoms with van der Waals surface area (Å²) in [6.45, 7) is 6.13. The highest BCUT2D eigenvalue weighted by Crippen LogP contribution is 2.29. The van der Waals surface area contributed by atoms with Crippen LogP contribution in [0.3, 0.4) is 0 Å². The van der Waals surface area contributed by atoms with E-state index in [9.17, 15) is 4.79 Å². The second-order valence-electron chi connectivity index (χ2n) is 7.17. The van der Waals surface area contributed by atoms with Gasteiger partial charge in [0.15, 0.2) is 0 Å². The van der Waals surface area contributed by atoms with Crippen LogP contribution in [-0.2, 0) is 0 Å². The fraction of sp³-hybridized carbons (Fsp3) is 0.364. The number of imidazole rings is 1. The molecular formula is C22H25N3O2. The average molecular weight is 363 g/mol. The maximum atomic E-state index is 12.8. The molecule has 1 fully saturated rings. The lowest BCUT2D eigenvalue weighted by Gasteiger charge is -2.31. The van der Waals surface area contributed by atoms with Gasteiger partial charge in [-0.3, -0.25) is 4.79 Å². The number of hydrogen-bond donors (Lipinski definition) is 1. The number of carbonyl (C=O) groups excluding carboxylic acids is 1. The zero-order valence-electron chi connectivity index (χ0n) is 15.9. The molecule has 2 heterocycles. The average Bonchev–Trinajstić information content (AvgIpc) is 3.11. The Morgan fingerprint density at radius 1 is 1.22 bits per heavy atom. The van der Waals surface area contributed by atoms with Crippen LogP contribution in [0, 0.1) is 6.92 Å². The van der Waals surface area contributed by atoms with E-state index in [4.69, 9.17) is 9.72 Å². The molecule has 5 heteroatoms. The molecule has 0 radical (unpaired) electrons. The van der Waals surface area contributed by atoms with Crippen molar-refractivity contribution < 1.29 is 9.53 Å². The Balaban J connectivity index is 1.43. The molecular weight excluding hydrogens is 338 g/mol. The number of rotatable bonds is 4. The van der Waals surface area contributed by atoms with Crippen molar-refractivity contribution in [3.63, 3.8) is 0 Å². The quantitative estimate of drug-likeness (QED) is 0.752. The van der Waals surface area contributed by atoms with E-state index in [0.717, 1.165) is 48.5 Å². The van der Waals surface area contributed by atoms with Gasteiger partial charge in [-0.25, -0.2) is 4.98 Å². The zero-order chi connectivity index (χ0) is 18.8. The number of hydrogen-bond acceptors (Lipinski definition) is 3. The number of benzene rings is 2. The number of likely N-dealkylation sites (tertiary alicyclic amines) is 1. The van der Waals surface area contributed by atoms with E-state index in [2.05, 4.69) is 30.1 Å². The van der Waals surface area contributed by atoms with Gasteiger partial charge in [0.25, 0.3) is 5.91 Å². The monoisotopic (exact) mass is 363 g/mol. The maximum absolute atomic E-state index is 12.8.